The molecule has 0 bridgehead atoms. The van der Waals surface area contributed by atoms with Crippen LogP contribution in [-0.2, 0) is 24.0 Å². The van der Waals surface area contributed by atoms with Gasteiger partial charge in [0.25, 0.3) is 5.91 Å². The molecule has 0 aromatic carbocycles. The van der Waals surface area contributed by atoms with E-state index in [1.165, 1.54) is 0 Å². The normalized spacial score (nSPS) is 24.2. The Kier molecular flexibility index (Phi) is 3.71. The molecule has 1 atom stereocenters. The number of carboxylic acid groups (broad SMARTS) is 1. The van der Waals surface area contributed by atoms with Gasteiger partial charge in [-0.05, 0) is 0 Å². The summed E-state index contributed by atoms with van der Waals surface area (Å²) in [5.74, 6) is -4.60. The summed E-state index contributed by atoms with van der Waals surface area (Å²) in [4.78, 5) is 58.4. The van der Waals surface area contributed by atoms with Crippen molar-refractivity contribution in [2.24, 2.45) is 0 Å². The van der Waals surface area contributed by atoms with E-state index in [4.69, 9.17) is 5.11 Å². The van der Waals surface area contributed by atoms with Gasteiger partial charge >= 0.3 is 23.7 Å². The number of aliphatic hydroxyl groups is 1. The summed E-state index contributed by atoms with van der Waals surface area (Å²) in [5, 5.41) is 18.5. The van der Waals surface area contributed by atoms with E-state index in [1.54, 1.807) is 0 Å². The Hall–Kier alpha value is -2.39. The van der Waals surface area contributed by atoms with Crippen LogP contribution in [0.5, 0.6) is 0 Å². The molecule has 4 amide bonds. The number of carbonyl (C=O) groups excluding carboxylic acids is 4. The van der Waals surface area contributed by atoms with Gasteiger partial charge in [-0.15, -0.1) is 5.01 Å². The molecule has 1 saturated heterocycles. The molecule has 9 heteroatoms. The maximum Gasteiger partial charge on any atom is 0.371 e. The first kappa shape index (κ1) is 15.0. The predicted octanol–water partition coefficient (Wildman–Crippen LogP) is -1.67. The number of aliphatic hydroxyl groups excluding tert-OH is 1. The minimum atomic E-state index is -1.59. The standard InChI is InChI=1S/C12H12N2O7/c15-7-6-8(16)13(12(7)21)14(5-1-2-11(19)20)9(17)3-4-10(14)18/h3-4,7,15H,1-2,5-6H2/p+1. The maximum atomic E-state index is 12.1. The van der Waals surface area contributed by atoms with Gasteiger partial charge in [0.1, 0.15) is 12.6 Å². The Labute approximate surface area is 118 Å². The monoisotopic (exact) mass is 297 g/mol. The molecule has 2 N–H and O–H groups in total. The van der Waals surface area contributed by atoms with Crippen LogP contribution in [0.4, 0.5) is 0 Å². The first-order valence-electron chi connectivity index (χ1n) is 6.23. The lowest BCUT2D eigenvalue weighted by atomic mass is 10.3. The third-order valence-corrected chi connectivity index (χ3v) is 3.41. The van der Waals surface area contributed by atoms with Gasteiger partial charge in [0, 0.05) is 6.42 Å². The van der Waals surface area contributed by atoms with Gasteiger partial charge in [-0.25, -0.2) is 9.59 Å². The SMILES string of the molecule is O=C(O)CCC[N+]1(N2C(=O)CC(O)C2=O)C(=O)C=CC1=O. The third-order valence-electron chi connectivity index (χ3n) is 3.41. The number of carbonyl (C=O) groups is 5. The van der Waals surface area contributed by atoms with Crippen LogP contribution in [0.25, 0.3) is 0 Å². The molecule has 21 heavy (non-hydrogen) atoms. The summed E-state index contributed by atoms with van der Waals surface area (Å²) in [5.41, 5.74) is 0. The lowest BCUT2D eigenvalue weighted by molar-refractivity contribution is -0.867. The van der Waals surface area contributed by atoms with Crippen molar-refractivity contribution in [3.8, 4) is 0 Å². The average molecular weight is 297 g/mol. The van der Waals surface area contributed by atoms with Gasteiger partial charge in [-0.3, -0.25) is 14.4 Å². The van der Waals surface area contributed by atoms with E-state index in [0.29, 0.717) is 5.01 Å². The van der Waals surface area contributed by atoms with Gasteiger partial charge in [0.05, 0.1) is 25.0 Å². The summed E-state index contributed by atoms with van der Waals surface area (Å²) in [7, 11) is 0. The molecule has 0 aromatic heterocycles. The lowest BCUT2D eigenvalue weighted by Gasteiger charge is -2.33. The van der Waals surface area contributed by atoms with Gasteiger partial charge in [0.2, 0.25) is 0 Å². The second-order valence-corrected chi connectivity index (χ2v) is 4.76. The van der Waals surface area contributed by atoms with Crippen molar-refractivity contribution >= 4 is 29.6 Å². The van der Waals surface area contributed by atoms with E-state index in [2.05, 4.69) is 0 Å². The Morgan fingerprint density at radius 3 is 2.24 bits per heavy atom. The molecule has 2 aliphatic heterocycles. The number of carboxylic acids is 1. The first-order valence-corrected chi connectivity index (χ1v) is 6.23. The van der Waals surface area contributed by atoms with Crippen LogP contribution in [0.1, 0.15) is 19.3 Å². The fourth-order valence-electron chi connectivity index (χ4n) is 2.44. The van der Waals surface area contributed by atoms with Crippen LogP contribution in [0.2, 0.25) is 0 Å². The Balaban J connectivity index is 2.35. The number of quaternary nitrogens is 1. The minimum Gasteiger partial charge on any atom is -0.481 e. The van der Waals surface area contributed by atoms with Crippen molar-refractivity contribution in [3.05, 3.63) is 12.2 Å². The van der Waals surface area contributed by atoms with Gasteiger partial charge in [-0.1, -0.05) is 4.59 Å². The number of hydrogen-bond donors (Lipinski definition) is 2. The molecule has 0 saturated carbocycles. The van der Waals surface area contributed by atoms with E-state index in [-0.39, 0.29) is 19.4 Å². The molecule has 1 fully saturated rings. The smallest absolute Gasteiger partial charge is 0.371 e. The van der Waals surface area contributed by atoms with Crippen LogP contribution in [-0.4, -0.2) is 62.1 Å². The molecule has 2 aliphatic rings. The molecule has 2 rings (SSSR count). The maximum absolute atomic E-state index is 12.1. The molecule has 112 valence electrons. The van der Waals surface area contributed by atoms with Crippen LogP contribution in [0, 0.1) is 0 Å². The van der Waals surface area contributed by atoms with Crippen LogP contribution in [0.3, 0.4) is 0 Å². The highest BCUT2D eigenvalue weighted by Gasteiger charge is 2.60. The number of amides is 4. The van der Waals surface area contributed by atoms with E-state index < -0.39 is 46.7 Å². The van der Waals surface area contributed by atoms with Crippen molar-refractivity contribution in [2.75, 3.05) is 6.54 Å². The zero-order valence-corrected chi connectivity index (χ0v) is 10.9. The van der Waals surface area contributed by atoms with Gasteiger partial charge < -0.3 is 10.2 Å². The van der Waals surface area contributed by atoms with E-state index in [0.717, 1.165) is 12.2 Å². The molecule has 0 spiro atoms. The molecule has 9 nitrogen and oxygen atoms in total. The van der Waals surface area contributed by atoms with Crippen molar-refractivity contribution in [3.63, 3.8) is 0 Å². The molecule has 1 unspecified atom stereocenters. The largest absolute Gasteiger partial charge is 0.481 e. The summed E-state index contributed by atoms with van der Waals surface area (Å²) in [6.07, 6.45) is -0.615. The molecule has 0 aromatic rings. The number of nitrogens with zero attached hydrogens (tertiary/aromatic N) is 2. The second kappa shape index (κ2) is 5.19. The average Bonchev–Trinajstić information content (AvgIpc) is 2.80. The fraction of sp³-hybridized carbons (Fsp3) is 0.417. The van der Waals surface area contributed by atoms with Gasteiger partial charge in [-0.2, -0.15) is 0 Å². The van der Waals surface area contributed by atoms with Crippen molar-refractivity contribution in [1.29, 1.82) is 0 Å². The zero-order chi connectivity index (χ0) is 15.8. The van der Waals surface area contributed by atoms with E-state index in [1.807, 2.05) is 0 Å². The summed E-state index contributed by atoms with van der Waals surface area (Å²) < 4.78 is -1.22. The fourth-order valence-corrected chi connectivity index (χ4v) is 2.44. The number of aliphatic carboxylic acids is 1. The zero-order valence-electron chi connectivity index (χ0n) is 10.9. The Morgan fingerprint density at radius 1 is 1.24 bits per heavy atom. The highest BCUT2D eigenvalue weighted by Crippen LogP contribution is 2.28. The number of imide groups is 2. The topological polar surface area (TPSA) is 129 Å². The summed E-state index contributed by atoms with van der Waals surface area (Å²) in [6.45, 7) is -0.332. The quantitative estimate of drug-likeness (QED) is 0.458. The number of rotatable bonds is 5. The van der Waals surface area contributed by atoms with E-state index >= 15 is 0 Å². The molecule has 2 heterocycles. The van der Waals surface area contributed by atoms with Crippen molar-refractivity contribution in [2.45, 2.75) is 25.4 Å². The number of hydrogen-bond acceptors (Lipinski definition) is 6. The lowest BCUT2D eigenvalue weighted by Crippen LogP contribution is -2.66. The molecular formula is C12H13N2O7+. The first-order chi connectivity index (χ1) is 9.80. The van der Waals surface area contributed by atoms with Crippen LogP contribution in [0.15, 0.2) is 12.2 Å². The van der Waals surface area contributed by atoms with E-state index in [9.17, 15) is 29.1 Å². The molecule has 0 aliphatic carbocycles. The highest BCUT2D eigenvalue weighted by molar-refractivity contribution is 6.10. The molecular weight excluding hydrogens is 284 g/mol. The second-order valence-electron chi connectivity index (χ2n) is 4.76. The third kappa shape index (κ3) is 2.26. The Morgan fingerprint density at radius 2 is 1.81 bits per heavy atom. The summed E-state index contributed by atoms with van der Waals surface area (Å²) >= 11 is 0. The van der Waals surface area contributed by atoms with Crippen molar-refractivity contribution < 1.29 is 38.8 Å². The molecule has 0 radical (unpaired) electrons. The van der Waals surface area contributed by atoms with Crippen molar-refractivity contribution in [1.82, 2.24) is 5.01 Å². The summed E-state index contributed by atoms with van der Waals surface area (Å²) in [6, 6.07) is 0. The predicted molar refractivity (Wildman–Crippen MR) is 63.6 cm³/mol. The highest BCUT2D eigenvalue weighted by atomic mass is 16.4. The minimum absolute atomic E-state index is 0.0817. The van der Waals surface area contributed by atoms with Crippen LogP contribution < -0.4 is 0 Å². The van der Waals surface area contributed by atoms with Gasteiger partial charge in [0.15, 0.2) is 0 Å². The van der Waals surface area contributed by atoms with Crippen LogP contribution >= 0.6 is 0 Å². The Bertz CT molecular complexity index is 562.